The molecule has 0 aliphatic carbocycles. The van der Waals surface area contributed by atoms with Gasteiger partial charge in [-0.1, -0.05) is 72.8 Å². The number of hydrogen-bond donors (Lipinski definition) is 1. The van der Waals surface area contributed by atoms with E-state index in [1.165, 1.54) is 25.3 Å². The average Bonchev–Trinajstić information content (AvgIpc) is 3.12. The fourth-order valence-corrected chi connectivity index (χ4v) is 6.50. The largest absolute Gasteiger partial charge is 0.466 e. The predicted octanol–water partition coefficient (Wildman–Crippen LogP) is 5.36. The topological polar surface area (TPSA) is 123 Å². The van der Waals surface area contributed by atoms with E-state index >= 15 is 0 Å². The number of rotatable bonds is 14. The van der Waals surface area contributed by atoms with Gasteiger partial charge in [-0.15, -0.1) is 0 Å². The van der Waals surface area contributed by atoms with Crippen LogP contribution in [0.25, 0.3) is 0 Å². The minimum Gasteiger partial charge on any atom is -0.466 e. The molecule has 0 bridgehead atoms. The van der Waals surface area contributed by atoms with Gasteiger partial charge in [-0.25, -0.2) is 9.59 Å². The van der Waals surface area contributed by atoms with E-state index in [9.17, 15) is 19.7 Å². The van der Waals surface area contributed by atoms with Gasteiger partial charge in [-0.3, -0.25) is 15.0 Å². The Balaban J connectivity index is 1.11. The molecule has 5 rings (SSSR count). The molecule has 2 heterocycles. The van der Waals surface area contributed by atoms with Gasteiger partial charge in [0.05, 0.1) is 42.3 Å². The number of methoxy groups -OCH3 is 1. The van der Waals surface area contributed by atoms with Crippen molar-refractivity contribution in [2.75, 3.05) is 59.6 Å². The molecule has 49 heavy (non-hydrogen) atoms. The summed E-state index contributed by atoms with van der Waals surface area (Å²) in [5.41, 5.74) is 4.03. The summed E-state index contributed by atoms with van der Waals surface area (Å²) in [6, 6.07) is 26.5. The summed E-state index contributed by atoms with van der Waals surface area (Å²) < 4.78 is 17.2. The number of carbonyl (C=O) groups excluding carboxylic acids is 2. The number of nitro benzene ring substituents is 1. The van der Waals surface area contributed by atoms with Crippen LogP contribution in [0.15, 0.2) is 107 Å². The number of benzene rings is 3. The average molecular weight is 669 g/mol. The van der Waals surface area contributed by atoms with E-state index in [4.69, 9.17) is 14.2 Å². The van der Waals surface area contributed by atoms with E-state index in [-0.39, 0.29) is 29.5 Å². The zero-order chi connectivity index (χ0) is 34.8. The van der Waals surface area contributed by atoms with Crippen LogP contribution < -0.4 is 5.32 Å². The minimum atomic E-state index is -0.881. The molecule has 3 aromatic carbocycles. The molecule has 0 saturated carbocycles. The maximum atomic E-state index is 13.5. The number of piperazine rings is 1. The first-order valence-corrected chi connectivity index (χ1v) is 16.6. The Bertz CT molecular complexity index is 1630. The van der Waals surface area contributed by atoms with Gasteiger partial charge in [-0.2, -0.15) is 0 Å². The van der Waals surface area contributed by atoms with Gasteiger partial charge in [-0.05, 0) is 37.0 Å². The third-order valence-corrected chi connectivity index (χ3v) is 9.01. The second kappa shape index (κ2) is 17.0. The van der Waals surface area contributed by atoms with E-state index in [1.807, 2.05) is 36.4 Å². The Morgan fingerprint density at radius 1 is 0.816 bits per heavy atom. The molecule has 2 aliphatic heterocycles. The fraction of sp³-hybridized carbons (Fsp3) is 0.368. The van der Waals surface area contributed by atoms with Crippen LogP contribution in [0.5, 0.6) is 0 Å². The number of nitro groups is 1. The fourth-order valence-electron chi connectivity index (χ4n) is 6.50. The lowest BCUT2D eigenvalue weighted by Crippen LogP contribution is -2.47. The van der Waals surface area contributed by atoms with Crippen molar-refractivity contribution in [1.29, 1.82) is 0 Å². The highest BCUT2D eigenvalue weighted by atomic mass is 16.6. The van der Waals surface area contributed by atoms with Gasteiger partial charge >= 0.3 is 11.9 Å². The lowest BCUT2D eigenvalue weighted by molar-refractivity contribution is -0.384. The molecule has 1 saturated heterocycles. The van der Waals surface area contributed by atoms with Crippen molar-refractivity contribution in [3.63, 3.8) is 0 Å². The normalized spacial score (nSPS) is 17.2. The molecule has 11 nitrogen and oxygen atoms in total. The van der Waals surface area contributed by atoms with Crippen molar-refractivity contribution >= 4 is 17.6 Å². The van der Waals surface area contributed by atoms with Crippen LogP contribution in [0.1, 0.15) is 49.0 Å². The van der Waals surface area contributed by atoms with Crippen LogP contribution in [-0.4, -0.2) is 86.3 Å². The number of hydrogen-bond acceptors (Lipinski definition) is 10. The summed E-state index contributed by atoms with van der Waals surface area (Å²) in [7, 11) is 1.26. The minimum absolute atomic E-state index is 0.107. The van der Waals surface area contributed by atoms with E-state index in [2.05, 4.69) is 39.4 Å². The molecule has 3 aromatic rings. The van der Waals surface area contributed by atoms with Crippen molar-refractivity contribution < 1.29 is 28.7 Å². The van der Waals surface area contributed by atoms with E-state index in [1.54, 1.807) is 19.9 Å². The highest BCUT2D eigenvalue weighted by Gasteiger charge is 2.38. The Morgan fingerprint density at radius 2 is 1.39 bits per heavy atom. The van der Waals surface area contributed by atoms with Crippen LogP contribution in [0.2, 0.25) is 0 Å². The maximum absolute atomic E-state index is 13.5. The Labute approximate surface area is 287 Å². The zero-order valence-electron chi connectivity index (χ0n) is 28.3. The summed E-state index contributed by atoms with van der Waals surface area (Å²) in [4.78, 5) is 42.2. The summed E-state index contributed by atoms with van der Waals surface area (Å²) in [6.07, 6.45) is 0.536. The quantitative estimate of drug-likeness (QED) is 0.104. The van der Waals surface area contributed by atoms with Gasteiger partial charge in [0.1, 0.15) is 6.10 Å². The molecular weight excluding hydrogens is 624 g/mol. The number of ether oxygens (including phenoxy) is 3. The lowest BCUT2D eigenvalue weighted by atomic mass is 9.80. The number of nitrogens with one attached hydrogen (secondary N) is 1. The van der Waals surface area contributed by atoms with Crippen LogP contribution in [-0.2, 0) is 23.8 Å². The third kappa shape index (κ3) is 9.00. The van der Waals surface area contributed by atoms with Crippen LogP contribution in [0.4, 0.5) is 5.69 Å². The SMILES string of the molecule is COC(=O)C1=C(C)NC(C)=C(C(=O)OCCCN2CCN(CCOC(c3ccccc3)c3ccccc3)CC2)C1c1cccc([N+](=O)[O-])c1. The summed E-state index contributed by atoms with van der Waals surface area (Å²) in [5.74, 6) is -2.09. The molecule has 0 amide bonds. The molecule has 0 aromatic heterocycles. The molecule has 1 unspecified atom stereocenters. The van der Waals surface area contributed by atoms with Crippen LogP contribution in [0.3, 0.4) is 0 Å². The second-order valence-electron chi connectivity index (χ2n) is 12.2. The van der Waals surface area contributed by atoms with Gasteiger partial charge in [0.2, 0.25) is 0 Å². The van der Waals surface area contributed by atoms with Crippen molar-refractivity contribution in [2.24, 2.45) is 0 Å². The summed E-state index contributed by atoms with van der Waals surface area (Å²) in [6.45, 7) is 9.54. The zero-order valence-corrected chi connectivity index (χ0v) is 28.3. The number of carbonyl (C=O) groups is 2. The molecule has 11 heteroatoms. The van der Waals surface area contributed by atoms with Crippen molar-refractivity contribution in [1.82, 2.24) is 15.1 Å². The van der Waals surface area contributed by atoms with Gasteiger partial charge in [0.25, 0.3) is 5.69 Å². The Morgan fingerprint density at radius 3 is 1.96 bits per heavy atom. The smallest absolute Gasteiger partial charge is 0.336 e. The second-order valence-corrected chi connectivity index (χ2v) is 12.2. The maximum Gasteiger partial charge on any atom is 0.336 e. The number of dihydropyridines is 1. The first-order chi connectivity index (χ1) is 23.8. The lowest BCUT2D eigenvalue weighted by Gasteiger charge is -2.35. The van der Waals surface area contributed by atoms with E-state index in [0.29, 0.717) is 30.0 Å². The monoisotopic (exact) mass is 668 g/mol. The van der Waals surface area contributed by atoms with Crippen molar-refractivity contribution in [3.05, 3.63) is 134 Å². The van der Waals surface area contributed by atoms with Crippen LogP contribution >= 0.6 is 0 Å². The first-order valence-electron chi connectivity index (χ1n) is 16.6. The molecule has 258 valence electrons. The number of esters is 2. The Hall–Kier alpha value is -4.84. The van der Waals surface area contributed by atoms with Gasteiger partial charge in [0.15, 0.2) is 0 Å². The molecule has 0 radical (unpaired) electrons. The van der Waals surface area contributed by atoms with Crippen molar-refractivity contribution in [3.8, 4) is 0 Å². The first kappa shape index (κ1) is 35.5. The predicted molar refractivity (Wildman–Crippen MR) is 186 cm³/mol. The third-order valence-electron chi connectivity index (χ3n) is 9.01. The van der Waals surface area contributed by atoms with Gasteiger partial charge in [0, 0.05) is 62.8 Å². The van der Waals surface area contributed by atoms with Gasteiger partial charge < -0.3 is 24.4 Å². The summed E-state index contributed by atoms with van der Waals surface area (Å²) >= 11 is 0. The molecule has 1 atom stereocenters. The standard InChI is InChI=1S/C38H44N4O7/c1-27-33(37(43)47-3)35(31-16-10-17-32(26-31)42(45)46)34(28(2)39-27)38(44)49-24-11-18-40-19-21-41(22-20-40)23-25-48-36(29-12-6-4-7-13-29)30-14-8-5-9-15-30/h4-10,12-17,26,35-36,39H,11,18-25H2,1-3H3. The van der Waals surface area contributed by atoms with E-state index < -0.39 is 22.8 Å². The highest BCUT2D eigenvalue weighted by molar-refractivity contribution is 5.99. The van der Waals surface area contributed by atoms with Crippen LogP contribution in [0, 0.1) is 10.1 Å². The number of nitrogens with zero attached hydrogens (tertiary/aromatic N) is 3. The number of non-ortho nitro benzene ring substituents is 1. The molecule has 0 spiro atoms. The van der Waals surface area contributed by atoms with E-state index in [0.717, 1.165) is 50.4 Å². The number of allylic oxidation sites excluding steroid dienone is 2. The Kier molecular flexibility index (Phi) is 12.3. The molecule has 1 fully saturated rings. The molecular formula is C38H44N4O7. The molecule has 2 aliphatic rings. The summed E-state index contributed by atoms with van der Waals surface area (Å²) in [5, 5.41) is 14.6. The highest BCUT2D eigenvalue weighted by Crippen LogP contribution is 2.40. The molecule has 1 N–H and O–H groups in total. The van der Waals surface area contributed by atoms with Crippen molar-refractivity contribution in [2.45, 2.75) is 32.3 Å².